The summed E-state index contributed by atoms with van der Waals surface area (Å²) in [5, 5.41) is 0. The van der Waals surface area contributed by atoms with Gasteiger partial charge in [-0.15, -0.1) is 0 Å². The van der Waals surface area contributed by atoms with Crippen molar-refractivity contribution in [3.05, 3.63) is 58.7 Å². The van der Waals surface area contributed by atoms with Gasteiger partial charge >= 0.3 is 5.97 Å². The fourth-order valence-electron chi connectivity index (χ4n) is 3.50. The van der Waals surface area contributed by atoms with Crippen molar-refractivity contribution in [1.82, 2.24) is 0 Å². The normalized spacial score (nSPS) is 17.0. The predicted molar refractivity (Wildman–Crippen MR) is 97.9 cm³/mol. The summed E-state index contributed by atoms with van der Waals surface area (Å²) in [5.41, 5.74) is 5.08. The first-order valence-corrected chi connectivity index (χ1v) is 8.51. The molecule has 0 bridgehead atoms. The van der Waals surface area contributed by atoms with Gasteiger partial charge in [0.2, 0.25) is 5.91 Å². The molecule has 0 aliphatic carbocycles. The number of esters is 1. The molecule has 1 atom stereocenters. The van der Waals surface area contributed by atoms with Crippen molar-refractivity contribution >= 4 is 17.6 Å². The van der Waals surface area contributed by atoms with Crippen molar-refractivity contribution in [3.63, 3.8) is 0 Å². The van der Waals surface area contributed by atoms with Gasteiger partial charge in [-0.3, -0.25) is 9.59 Å². The highest BCUT2D eigenvalue weighted by Crippen LogP contribution is 2.31. The molecule has 3 rings (SSSR count). The van der Waals surface area contributed by atoms with Gasteiger partial charge < -0.3 is 9.64 Å². The number of para-hydroxylation sites is 1. The zero-order chi connectivity index (χ0) is 18.1. The van der Waals surface area contributed by atoms with Crippen LogP contribution in [0.2, 0.25) is 0 Å². The summed E-state index contributed by atoms with van der Waals surface area (Å²) in [6.07, 6.45) is 0.192. The van der Waals surface area contributed by atoms with Crippen LogP contribution in [-0.4, -0.2) is 18.4 Å². The van der Waals surface area contributed by atoms with Crippen LogP contribution in [0.1, 0.15) is 28.7 Å². The van der Waals surface area contributed by atoms with E-state index in [9.17, 15) is 9.59 Å². The second-order valence-corrected chi connectivity index (χ2v) is 6.89. The van der Waals surface area contributed by atoms with Crippen LogP contribution in [0.4, 0.5) is 5.69 Å². The topological polar surface area (TPSA) is 46.6 Å². The third kappa shape index (κ3) is 3.58. The SMILES string of the molecule is Cc1cc(C)cc(OC(=O)[C@H]2CC(=O)N(c3c(C)cccc3C)C2)c1. The average Bonchev–Trinajstić information content (AvgIpc) is 2.88. The Morgan fingerprint density at radius 1 is 1.04 bits per heavy atom. The Labute approximate surface area is 148 Å². The Balaban J connectivity index is 1.77. The number of nitrogens with zero attached hydrogens (tertiary/aromatic N) is 1. The maximum absolute atomic E-state index is 12.5. The number of aryl methyl sites for hydroxylation is 4. The van der Waals surface area contributed by atoms with E-state index < -0.39 is 5.92 Å². The van der Waals surface area contributed by atoms with Crippen molar-refractivity contribution in [2.45, 2.75) is 34.1 Å². The van der Waals surface area contributed by atoms with Gasteiger partial charge in [-0.2, -0.15) is 0 Å². The van der Waals surface area contributed by atoms with E-state index in [-0.39, 0.29) is 18.3 Å². The van der Waals surface area contributed by atoms with Gasteiger partial charge in [0.15, 0.2) is 0 Å². The van der Waals surface area contributed by atoms with Crippen molar-refractivity contribution in [3.8, 4) is 5.75 Å². The van der Waals surface area contributed by atoms with Crippen molar-refractivity contribution in [2.24, 2.45) is 5.92 Å². The van der Waals surface area contributed by atoms with Crippen molar-refractivity contribution < 1.29 is 14.3 Å². The van der Waals surface area contributed by atoms with E-state index in [2.05, 4.69) is 0 Å². The summed E-state index contributed by atoms with van der Waals surface area (Å²) < 4.78 is 5.54. The van der Waals surface area contributed by atoms with Crippen LogP contribution >= 0.6 is 0 Å². The molecule has 2 aromatic rings. The lowest BCUT2D eigenvalue weighted by atomic mass is 10.1. The largest absolute Gasteiger partial charge is 0.426 e. The van der Waals surface area contributed by atoms with Gasteiger partial charge in [0.1, 0.15) is 5.75 Å². The van der Waals surface area contributed by atoms with E-state index in [0.29, 0.717) is 12.3 Å². The third-order valence-corrected chi connectivity index (χ3v) is 4.58. The Kier molecular flexibility index (Phi) is 4.62. The van der Waals surface area contributed by atoms with Gasteiger partial charge in [0.05, 0.1) is 5.92 Å². The molecule has 0 radical (unpaired) electrons. The first-order valence-electron chi connectivity index (χ1n) is 8.51. The second kappa shape index (κ2) is 6.71. The number of hydrogen-bond acceptors (Lipinski definition) is 3. The minimum atomic E-state index is -0.438. The van der Waals surface area contributed by atoms with E-state index in [1.807, 2.05) is 64.1 Å². The van der Waals surface area contributed by atoms with E-state index in [4.69, 9.17) is 4.74 Å². The highest BCUT2D eigenvalue weighted by Gasteiger charge is 2.37. The molecule has 2 aromatic carbocycles. The summed E-state index contributed by atoms with van der Waals surface area (Å²) in [6, 6.07) is 11.6. The molecule has 1 saturated heterocycles. The number of carbonyl (C=O) groups excluding carboxylic acids is 2. The first kappa shape index (κ1) is 17.2. The molecule has 130 valence electrons. The summed E-state index contributed by atoms with van der Waals surface area (Å²) >= 11 is 0. The molecule has 1 amide bonds. The summed E-state index contributed by atoms with van der Waals surface area (Å²) in [6.45, 7) is 8.26. The molecule has 0 aromatic heterocycles. The lowest BCUT2D eigenvalue weighted by Crippen LogP contribution is -2.28. The zero-order valence-corrected chi connectivity index (χ0v) is 15.1. The quantitative estimate of drug-likeness (QED) is 0.631. The number of anilines is 1. The Morgan fingerprint density at radius 3 is 2.24 bits per heavy atom. The van der Waals surface area contributed by atoms with Gasteiger partial charge in [0.25, 0.3) is 0 Å². The van der Waals surface area contributed by atoms with Crippen LogP contribution in [0.25, 0.3) is 0 Å². The molecule has 0 N–H and O–H groups in total. The summed E-state index contributed by atoms with van der Waals surface area (Å²) in [5.74, 6) is -0.264. The minimum absolute atomic E-state index is 0.0280. The number of rotatable bonds is 3. The van der Waals surface area contributed by atoms with Crippen LogP contribution in [-0.2, 0) is 9.59 Å². The molecule has 4 heteroatoms. The van der Waals surface area contributed by atoms with E-state index in [1.54, 1.807) is 4.90 Å². The van der Waals surface area contributed by atoms with E-state index in [1.165, 1.54) is 0 Å². The standard InChI is InChI=1S/C21H23NO3/c1-13-8-14(2)10-18(9-13)25-21(24)17-11-19(23)22(12-17)20-15(3)6-5-7-16(20)4/h5-10,17H,11-12H2,1-4H3/t17-/m0/s1. The fourth-order valence-corrected chi connectivity index (χ4v) is 3.50. The lowest BCUT2D eigenvalue weighted by molar-refractivity contribution is -0.139. The lowest BCUT2D eigenvalue weighted by Gasteiger charge is -2.21. The monoisotopic (exact) mass is 337 g/mol. The molecule has 4 nitrogen and oxygen atoms in total. The smallest absolute Gasteiger partial charge is 0.316 e. The summed E-state index contributed by atoms with van der Waals surface area (Å²) in [4.78, 5) is 26.7. The highest BCUT2D eigenvalue weighted by molar-refractivity contribution is 6.00. The molecule has 0 saturated carbocycles. The molecular weight excluding hydrogens is 314 g/mol. The van der Waals surface area contributed by atoms with Crippen LogP contribution in [0.5, 0.6) is 5.75 Å². The maximum atomic E-state index is 12.5. The molecular formula is C21H23NO3. The third-order valence-electron chi connectivity index (χ3n) is 4.58. The molecule has 1 aliphatic heterocycles. The van der Waals surface area contributed by atoms with Gasteiger partial charge in [-0.25, -0.2) is 0 Å². The Hall–Kier alpha value is -2.62. The van der Waals surface area contributed by atoms with Crippen LogP contribution < -0.4 is 9.64 Å². The molecule has 0 spiro atoms. The molecule has 1 heterocycles. The predicted octanol–water partition coefficient (Wildman–Crippen LogP) is 3.88. The second-order valence-electron chi connectivity index (χ2n) is 6.89. The molecule has 1 aliphatic rings. The zero-order valence-electron chi connectivity index (χ0n) is 15.1. The van der Waals surface area contributed by atoms with Crippen LogP contribution in [0.3, 0.4) is 0 Å². The van der Waals surface area contributed by atoms with Crippen LogP contribution in [0, 0.1) is 33.6 Å². The fraction of sp³-hybridized carbons (Fsp3) is 0.333. The van der Waals surface area contributed by atoms with E-state index >= 15 is 0 Å². The molecule has 0 unspecified atom stereocenters. The number of carbonyl (C=O) groups is 2. The maximum Gasteiger partial charge on any atom is 0.316 e. The van der Waals surface area contributed by atoms with Gasteiger partial charge in [-0.05, 0) is 62.1 Å². The minimum Gasteiger partial charge on any atom is -0.426 e. The van der Waals surface area contributed by atoms with Gasteiger partial charge in [-0.1, -0.05) is 24.3 Å². The van der Waals surface area contributed by atoms with Crippen molar-refractivity contribution in [1.29, 1.82) is 0 Å². The van der Waals surface area contributed by atoms with Crippen LogP contribution in [0.15, 0.2) is 36.4 Å². The number of benzene rings is 2. The number of ether oxygens (including phenoxy) is 1. The number of hydrogen-bond donors (Lipinski definition) is 0. The first-order chi connectivity index (χ1) is 11.8. The van der Waals surface area contributed by atoms with Gasteiger partial charge in [0, 0.05) is 18.7 Å². The Morgan fingerprint density at radius 2 is 1.64 bits per heavy atom. The van der Waals surface area contributed by atoms with Crippen molar-refractivity contribution in [2.75, 3.05) is 11.4 Å². The molecule has 1 fully saturated rings. The highest BCUT2D eigenvalue weighted by atomic mass is 16.5. The molecule has 25 heavy (non-hydrogen) atoms. The Bertz CT molecular complexity index is 801. The number of amides is 1. The average molecular weight is 337 g/mol. The summed E-state index contributed by atoms with van der Waals surface area (Å²) in [7, 11) is 0. The van der Waals surface area contributed by atoms with E-state index in [0.717, 1.165) is 27.9 Å².